The van der Waals surface area contributed by atoms with Crippen LogP contribution >= 0.6 is 11.6 Å². The largest absolute Gasteiger partial charge is 0.488 e. The van der Waals surface area contributed by atoms with Crippen molar-refractivity contribution in [3.05, 3.63) is 88.9 Å². The van der Waals surface area contributed by atoms with Crippen LogP contribution in [0.15, 0.2) is 72.8 Å². The molecule has 0 aliphatic carbocycles. The highest BCUT2D eigenvalue weighted by atomic mass is 35.5. The molecule has 0 fully saturated rings. The van der Waals surface area contributed by atoms with Crippen LogP contribution in [0.2, 0.25) is 5.02 Å². The summed E-state index contributed by atoms with van der Waals surface area (Å²) in [6, 6.07) is 20.6. The van der Waals surface area contributed by atoms with E-state index in [2.05, 4.69) is 10.6 Å². The molecular formula is C22H19ClN2O4. The third-order valence-corrected chi connectivity index (χ3v) is 4.38. The van der Waals surface area contributed by atoms with Crippen LogP contribution in [0.4, 0.5) is 16.2 Å². The fourth-order valence-electron chi connectivity index (χ4n) is 2.59. The topological polar surface area (TPSA) is 76.7 Å². The zero-order valence-electron chi connectivity index (χ0n) is 15.6. The van der Waals surface area contributed by atoms with Crippen molar-refractivity contribution in [3.8, 4) is 5.75 Å². The normalized spacial score (nSPS) is 10.1. The van der Waals surface area contributed by atoms with Crippen molar-refractivity contribution in [1.82, 2.24) is 0 Å². The van der Waals surface area contributed by atoms with Gasteiger partial charge >= 0.3 is 12.0 Å². The minimum atomic E-state index is -0.578. The maximum Gasteiger partial charge on any atom is 0.341 e. The molecule has 7 heteroatoms. The molecule has 0 aromatic heterocycles. The van der Waals surface area contributed by atoms with Crippen molar-refractivity contribution in [2.75, 3.05) is 17.7 Å². The number of esters is 1. The van der Waals surface area contributed by atoms with Crippen molar-refractivity contribution in [1.29, 1.82) is 0 Å². The quantitative estimate of drug-likeness (QED) is 0.537. The number of urea groups is 1. The van der Waals surface area contributed by atoms with E-state index in [1.165, 1.54) is 13.2 Å². The highest BCUT2D eigenvalue weighted by molar-refractivity contribution is 6.31. The van der Waals surface area contributed by atoms with E-state index in [-0.39, 0.29) is 12.2 Å². The molecule has 0 spiro atoms. The van der Waals surface area contributed by atoms with Gasteiger partial charge in [0.2, 0.25) is 0 Å². The first-order valence-electron chi connectivity index (χ1n) is 8.78. The summed E-state index contributed by atoms with van der Waals surface area (Å²) >= 11 is 6.14. The Hall–Kier alpha value is -3.51. The number of carbonyl (C=O) groups excluding carboxylic acids is 2. The predicted molar refractivity (Wildman–Crippen MR) is 113 cm³/mol. The van der Waals surface area contributed by atoms with Gasteiger partial charge in [-0.3, -0.25) is 0 Å². The molecule has 3 aromatic rings. The fourth-order valence-corrected chi connectivity index (χ4v) is 2.78. The van der Waals surface area contributed by atoms with Gasteiger partial charge in [-0.25, -0.2) is 9.59 Å². The summed E-state index contributed by atoms with van der Waals surface area (Å²) in [5.41, 5.74) is 2.05. The molecule has 0 atom stereocenters. The van der Waals surface area contributed by atoms with E-state index in [9.17, 15) is 9.59 Å². The van der Waals surface area contributed by atoms with Gasteiger partial charge in [-0.15, -0.1) is 0 Å². The Kier molecular flexibility index (Phi) is 6.71. The van der Waals surface area contributed by atoms with Crippen LogP contribution in [0.3, 0.4) is 0 Å². The third-order valence-electron chi connectivity index (χ3n) is 4.02. The number of para-hydroxylation sites is 1. The van der Waals surface area contributed by atoms with Crippen LogP contribution in [0.5, 0.6) is 5.75 Å². The first-order chi connectivity index (χ1) is 14.1. The lowest BCUT2D eigenvalue weighted by Crippen LogP contribution is -2.19. The lowest BCUT2D eigenvalue weighted by molar-refractivity contribution is 0.0595. The van der Waals surface area contributed by atoms with Crippen LogP contribution in [0, 0.1) is 0 Å². The Labute approximate surface area is 173 Å². The van der Waals surface area contributed by atoms with E-state index >= 15 is 0 Å². The molecule has 0 saturated heterocycles. The van der Waals surface area contributed by atoms with Crippen LogP contribution in [0.25, 0.3) is 0 Å². The van der Waals surface area contributed by atoms with Gasteiger partial charge in [0, 0.05) is 22.0 Å². The maximum absolute atomic E-state index is 12.2. The van der Waals surface area contributed by atoms with Gasteiger partial charge < -0.3 is 20.1 Å². The summed E-state index contributed by atoms with van der Waals surface area (Å²) in [5.74, 6) is -0.253. The van der Waals surface area contributed by atoms with Gasteiger partial charge in [-0.1, -0.05) is 48.0 Å². The number of amides is 2. The predicted octanol–water partition coefficient (Wildman–Crippen LogP) is 5.35. The number of carbonyl (C=O) groups is 2. The van der Waals surface area contributed by atoms with Crippen molar-refractivity contribution in [2.45, 2.75) is 6.61 Å². The van der Waals surface area contributed by atoms with Gasteiger partial charge in [0.25, 0.3) is 0 Å². The molecule has 2 amide bonds. The molecule has 148 valence electrons. The number of nitrogens with one attached hydrogen (secondary N) is 2. The highest BCUT2D eigenvalue weighted by Crippen LogP contribution is 2.26. The number of benzene rings is 3. The molecule has 0 aliphatic rings. The SMILES string of the molecule is COC(=O)c1cc(NC(=O)Nc2ccccc2)ccc1OCc1ccccc1Cl. The van der Waals surface area contributed by atoms with E-state index in [0.717, 1.165) is 5.56 Å². The Morgan fingerprint density at radius 3 is 2.31 bits per heavy atom. The molecule has 0 bridgehead atoms. The van der Waals surface area contributed by atoms with E-state index in [4.69, 9.17) is 21.1 Å². The molecule has 0 radical (unpaired) electrons. The second-order valence-electron chi connectivity index (χ2n) is 6.03. The summed E-state index contributed by atoms with van der Waals surface area (Å²) in [5, 5.41) is 5.97. The minimum absolute atomic E-state index is 0.185. The van der Waals surface area contributed by atoms with E-state index < -0.39 is 12.0 Å². The molecule has 3 rings (SSSR count). The summed E-state index contributed by atoms with van der Waals surface area (Å²) in [4.78, 5) is 24.4. The van der Waals surface area contributed by atoms with Gasteiger partial charge in [0.1, 0.15) is 17.9 Å². The maximum atomic E-state index is 12.2. The minimum Gasteiger partial charge on any atom is -0.488 e. The van der Waals surface area contributed by atoms with Gasteiger partial charge in [0.15, 0.2) is 0 Å². The average molecular weight is 411 g/mol. The number of hydrogen-bond acceptors (Lipinski definition) is 4. The lowest BCUT2D eigenvalue weighted by atomic mass is 10.1. The number of hydrogen-bond donors (Lipinski definition) is 2. The second kappa shape index (κ2) is 9.61. The van der Waals surface area contributed by atoms with Crippen LogP contribution < -0.4 is 15.4 Å². The number of methoxy groups -OCH3 is 1. The Bertz CT molecular complexity index is 1010. The van der Waals surface area contributed by atoms with Crippen molar-refractivity contribution in [3.63, 3.8) is 0 Å². The van der Waals surface area contributed by atoms with E-state index in [1.807, 2.05) is 36.4 Å². The molecule has 0 unspecified atom stereocenters. The molecular weight excluding hydrogens is 392 g/mol. The zero-order chi connectivity index (χ0) is 20.6. The molecule has 3 aromatic carbocycles. The highest BCUT2D eigenvalue weighted by Gasteiger charge is 2.16. The smallest absolute Gasteiger partial charge is 0.341 e. The van der Waals surface area contributed by atoms with Gasteiger partial charge in [-0.05, 0) is 36.4 Å². The molecule has 6 nitrogen and oxygen atoms in total. The number of ether oxygens (including phenoxy) is 2. The second-order valence-corrected chi connectivity index (χ2v) is 6.43. The first kappa shape index (κ1) is 20.2. The molecule has 29 heavy (non-hydrogen) atoms. The lowest BCUT2D eigenvalue weighted by Gasteiger charge is -2.13. The van der Waals surface area contributed by atoms with Crippen LogP contribution in [0.1, 0.15) is 15.9 Å². The molecule has 2 N–H and O–H groups in total. The Morgan fingerprint density at radius 2 is 1.59 bits per heavy atom. The number of anilines is 2. The van der Waals surface area contributed by atoms with Gasteiger partial charge in [-0.2, -0.15) is 0 Å². The van der Waals surface area contributed by atoms with Crippen molar-refractivity contribution >= 4 is 35.0 Å². The van der Waals surface area contributed by atoms with E-state index in [1.54, 1.807) is 30.3 Å². The summed E-state index contributed by atoms with van der Waals surface area (Å²) in [6.07, 6.45) is 0. The van der Waals surface area contributed by atoms with Crippen LogP contribution in [-0.4, -0.2) is 19.1 Å². The van der Waals surface area contributed by atoms with Gasteiger partial charge in [0.05, 0.1) is 7.11 Å². The Morgan fingerprint density at radius 1 is 0.897 bits per heavy atom. The monoisotopic (exact) mass is 410 g/mol. The molecule has 0 aliphatic heterocycles. The molecule has 0 heterocycles. The summed E-state index contributed by atoms with van der Waals surface area (Å²) < 4.78 is 10.6. The Balaban J connectivity index is 1.74. The number of rotatable bonds is 6. The van der Waals surface area contributed by atoms with Crippen LogP contribution in [-0.2, 0) is 11.3 Å². The third kappa shape index (κ3) is 5.49. The first-order valence-corrected chi connectivity index (χ1v) is 9.16. The summed E-state index contributed by atoms with van der Waals surface area (Å²) in [7, 11) is 1.28. The van der Waals surface area contributed by atoms with Crippen molar-refractivity contribution in [2.24, 2.45) is 0 Å². The average Bonchev–Trinajstić information content (AvgIpc) is 2.74. The summed E-state index contributed by atoms with van der Waals surface area (Å²) in [6.45, 7) is 0.185. The zero-order valence-corrected chi connectivity index (χ0v) is 16.4. The standard InChI is InChI=1S/C22H19ClN2O4/c1-28-21(26)18-13-17(25-22(27)24-16-8-3-2-4-9-16)11-12-20(18)29-14-15-7-5-6-10-19(15)23/h2-13H,14H2,1H3,(H2,24,25,27). The van der Waals surface area contributed by atoms with E-state index in [0.29, 0.717) is 22.1 Å². The number of halogens is 1. The fraction of sp³-hybridized carbons (Fsp3) is 0.0909. The van der Waals surface area contributed by atoms with Crippen molar-refractivity contribution < 1.29 is 19.1 Å². The molecule has 0 saturated carbocycles.